The Morgan fingerprint density at radius 3 is 2.56 bits per heavy atom. The maximum absolute atomic E-state index is 13.0. The van der Waals surface area contributed by atoms with Crippen LogP contribution in [0.1, 0.15) is 12.5 Å². The highest BCUT2D eigenvalue weighted by Crippen LogP contribution is 2.34. The summed E-state index contributed by atoms with van der Waals surface area (Å²) in [4.78, 5) is 11.8. The van der Waals surface area contributed by atoms with Gasteiger partial charge < -0.3 is 9.47 Å². The average Bonchev–Trinajstić information content (AvgIpc) is 3.49. The highest BCUT2D eigenvalue weighted by Gasteiger charge is 2.31. The van der Waals surface area contributed by atoms with Gasteiger partial charge in [-0.25, -0.2) is 9.48 Å². The second-order valence-corrected chi connectivity index (χ2v) is 7.23. The van der Waals surface area contributed by atoms with Gasteiger partial charge in [0.15, 0.2) is 6.61 Å². The molecule has 0 bridgehead atoms. The van der Waals surface area contributed by atoms with E-state index in [1.165, 1.54) is 0 Å². The first-order chi connectivity index (χ1) is 16.3. The molecule has 34 heavy (non-hydrogen) atoms. The first-order valence-electron chi connectivity index (χ1n) is 10.3. The van der Waals surface area contributed by atoms with Crippen molar-refractivity contribution in [1.82, 2.24) is 24.8 Å². The standard InChI is InChI=1S/C23H20F3N5O3/c1-2-33-22(32)15-34-21-9-8-17(18-11-27-31(13-18)23(24,25)26)10-19(21)20-14-30(29-28-20)12-16-6-4-3-5-7-16/h3-11,13-14H,2,12,15H2,1H3. The van der Waals surface area contributed by atoms with Gasteiger partial charge in [-0.2, -0.15) is 9.78 Å². The number of alkyl halides is 3. The molecule has 0 saturated heterocycles. The Morgan fingerprint density at radius 2 is 1.85 bits per heavy atom. The molecular formula is C23H20F3N5O3. The number of nitrogens with zero attached hydrogens (tertiary/aromatic N) is 5. The Balaban J connectivity index is 1.66. The summed E-state index contributed by atoms with van der Waals surface area (Å²) in [7, 11) is 0. The van der Waals surface area contributed by atoms with Crippen LogP contribution in [0.2, 0.25) is 0 Å². The van der Waals surface area contributed by atoms with Crippen LogP contribution in [0.25, 0.3) is 22.4 Å². The molecule has 4 rings (SSSR count). The van der Waals surface area contributed by atoms with E-state index in [2.05, 4.69) is 15.4 Å². The maximum atomic E-state index is 13.0. The highest BCUT2D eigenvalue weighted by molar-refractivity contribution is 5.76. The predicted octanol–water partition coefficient (Wildman–Crippen LogP) is 4.28. The second kappa shape index (κ2) is 9.77. The van der Waals surface area contributed by atoms with E-state index in [1.807, 2.05) is 30.3 Å². The van der Waals surface area contributed by atoms with Crippen molar-refractivity contribution in [1.29, 1.82) is 0 Å². The van der Waals surface area contributed by atoms with Gasteiger partial charge >= 0.3 is 12.3 Å². The monoisotopic (exact) mass is 471 g/mol. The minimum atomic E-state index is -4.62. The van der Waals surface area contributed by atoms with Crippen molar-refractivity contribution >= 4 is 5.97 Å². The van der Waals surface area contributed by atoms with Gasteiger partial charge in [0.1, 0.15) is 11.4 Å². The zero-order chi connectivity index (χ0) is 24.1. The Kier molecular flexibility index (Phi) is 6.62. The van der Waals surface area contributed by atoms with Crippen molar-refractivity contribution in [2.24, 2.45) is 0 Å². The molecule has 0 amide bonds. The third kappa shape index (κ3) is 5.42. The van der Waals surface area contributed by atoms with Crippen LogP contribution in [-0.4, -0.2) is 44.0 Å². The quantitative estimate of drug-likeness (QED) is 0.357. The van der Waals surface area contributed by atoms with Crippen LogP contribution in [0, 0.1) is 0 Å². The summed E-state index contributed by atoms with van der Waals surface area (Å²) in [6, 6.07) is 14.4. The van der Waals surface area contributed by atoms with Gasteiger partial charge in [-0.3, -0.25) is 0 Å². The lowest BCUT2D eigenvalue weighted by molar-refractivity contribution is -0.212. The molecule has 0 atom stereocenters. The summed E-state index contributed by atoms with van der Waals surface area (Å²) in [5.41, 5.74) is 2.63. The number of hydrogen-bond donors (Lipinski definition) is 0. The maximum Gasteiger partial charge on any atom is 0.504 e. The third-order valence-corrected chi connectivity index (χ3v) is 4.81. The molecule has 0 unspecified atom stereocenters. The van der Waals surface area contributed by atoms with E-state index in [1.54, 1.807) is 36.0 Å². The number of hydrogen-bond acceptors (Lipinski definition) is 6. The molecule has 2 aromatic heterocycles. The van der Waals surface area contributed by atoms with Crippen molar-refractivity contribution in [3.05, 3.63) is 72.7 Å². The van der Waals surface area contributed by atoms with Crippen LogP contribution in [0.4, 0.5) is 13.2 Å². The fraction of sp³-hybridized carbons (Fsp3) is 0.217. The molecule has 0 N–H and O–H groups in total. The number of esters is 1. The van der Waals surface area contributed by atoms with Crippen LogP contribution < -0.4 is 4.74 Å². The highest BCUT2D eigenvalue weighted by atomic mass is 19.4. The van der Waals surface area contributed by atoms with Gasteiger partial charge in [0.25, 0.3) is 0 Å². The summed E-state index contributed by atoms with van der Waals surface area (Å²) in [5.74, 6) is -0.233. The fourth-order valence-corrected chi connectivity index (χ4v) is 3.26. The minimum Gasteiger partial charge on any atom is -0.481 e. The van der Waals surface area contributed by atoms with E-state index in [4.69, 9.17) is 9.47 Å². The first kappa shape index (κ1) is 23.0. The van der Waals surface area contributed by atoms with Gasteiger partial charge in [0, 0.05) is 17.3 Å². The number of halogens is 3. The van der Waals surface area contributed by atoms with E-state index in [-0.39, 0.29) is 23.5 Å². The molecule has 4 aromatic rings. The summed E-state index contributed by atoms with van der Waals surface area (Å²) in [6.07, 6.45) is -0.908. The summed E-state index contributed by atoms with van der Waals surface area (Å²) in [5, 5.41) is 11.7. The van der Waals surface area contributed by atoms with Crippen LogP contribution >= 0.6 is 0 Å². The molecule has 0 aliphatic rings. The number of rotatable bonds is 8. The lowest BCUT2D eigenvalue weighted by Gasteiger charge is -2.11. The van der Waals surface area contributed by atoms with Crippen LogP contribution in [-0.2, 0) is 22.4 Å². The predicted molar refractivity (Wildman–Crippen MR) is 116 cm³/mol. The zero-order valence-corrected chi connectivity index (χ0v) is 18.1. The Bertz CT molecular complexity index is 1270. The molecule has 2 heterocycles. The summed E-state index contributed by atoms with van der Waals surface area (Å²) in [6.45, 7) is 2.05. The van der Waals surface area contributed by atoms with Crippen LogP contribution in [0.5, 0.6) is 5.75 Å². The molecule has 11 heteroatoms. The van der Waals surface area contributed by atoms with Gasteiger partial charge in [-0.15, -0.1) is 18.3 Å². The zero-order valence-electron chi connectivity index (χ0n) is 18.1. The number of carbonyl (C=O) groups excluding carboxylic acids is 1. The van der Waals surface area contributed by atoms with Gasteiger partial charge in [0.05, 0.1) is 25.5 Å². The van der Waals surface area contributed by atoms with E-state index >= 15 is 0 Å². The molecule has 176 valence electrons. The third-order valence-electron chi connectivity index (χ3n) is 4.81. The van der Waals surface area contributed by atoms with Crippen molar-refractivity contribution in [2.75, 3.05) is 13.2 Å². The van der Waals surface area contributed by atoms with Gasteiger partial charge in [-0.1, -0.05) is 41.6 Å². The van der Waals surface area contributed by atoms with Crippen molar-refractivity contribution < 1.29 is 27.4 Å². The van der Waals surface area contributed by atoms with E-state index < -0.39 is 12.3 Å². The SMILES string of the molecule is CCOC(=O)COc1ccc(-c2cnn(C(F)(F)F)c2)cc1-c1cn(Cc2ccccc2)nn1. The lowest BCUT2D eigenvalue weighted by Crippen LogP contribution is -2.16. The number of aromatic nitrogens is 5. The molecule has 0 aliphatic heterocycles. The smallest absolute Gasteiger partial charge is 0.481 e. The molecule has 2 aromatic carbocycles. The molecule has 0 fully saturated rings. The normalized spacial score (nSPS) is 11.4. The van der Waals surface area contributed by atoms with E-state index in [9.17, 15) is 18.0 Å². The van der Waals surface area contributed by atoms with E-state index in [0.717, 1.165) is 18.0 Å². The first-order valence-corrected chi connectivity index (χ1v) is 10.3. The fourth-order valence-electron chi connectivity index (χ4n) is 3.26. The average molecular weight is 471 g/mol. The number of benzene rings is 2. The lowest BCUT2D eigenvalue weighted by atomic mass is 10.0. The Morgan fingerprint density at radius 1 is 1.06 bits per heavy atom. The molecule has 0 saturated carbocycles. The van der Waals surface area contributed by atoms with Crippen LogP contribution in [0.3, 0.4) is 0 Å². The van der Waals surface area contributed by atoms with Crippen molar-refractivity contribution in [3.63, 3.8) is 0 Å². The largest absolute Gasteiger partial charge is 0.504 e. The number of ether oxygens (including phenoxy) is 2. The summed E-state index contributed by atoms with van der Waals surface area (Å²) < 4.78 is 51.0. The van der Waals surface area contributed by atoms with Crippen LogP contribution in [0.15, 0.2) is 67.1 Å². The Hall–Kier alpha value is -4.15. The molecule has 8 nitrogen and oxygen atoms in total. The van der Waals surface area contributed by atoms with Crippen molar-refractivity contribution in [2.45, 2.75) is 19.8 Å². The van der Waals surface area contributed by atoms with E-state index in [0.29, 0.717) is 29.1 Å². The molecule has 0 aliphatic carbocycles. The topological polar surface area (TPSA) is 84.1 Å². The molecule has 0 spiro atoms. The van der Waals surface area contributed by atoms with Gasteiger partial charge in [0.2, 0.25) is 0 Å². The molecule has 0 radical (unpaired) electrons. The number of carbonyl (C=O) groups is 1. The minimum absolute atomic E-state index is 0.0662. The van der Waals surface area contributed by atoms with Gasteiger partial charge in [-0.05, 0) is 30.2 Å². The van der Waals surface area contributed by atoms with Crippen molar-refractivity contribution in [3.8, 4) is 28.1 Å². The summed E-state index contributed by atoms with van der Waals surface area (Å²) >= 11 is 0. The Labute approximate surface area is 192 Å². The molecular weight excluding hydrogens is 451 g/mol. The second-order valence-electron chi connectivity index (χ2n) is 7.23.